The average molecular weight is 376 g/mol. The lowest BCUT2D eigenvalue weighted by atomic mass is 10.1. The highest BCUT2D eigenvalue weighted by Crippen LogP contribution is 2.33. The zero-order valence-corrected chi connectivity index (χ0v) is 15.6. The zero-order valence-electron chi connectivity index (χ0n) is 15.6. The molecule has 3 N–H and O–H groups in total. The SMILES string of the molecule is COCc1ccccc1-c1nc2c3cc(NC(=O)OC)ccc3ccn2c1N. The molecule has 0 aliphatic rings. The molecule has 0 fully saturated rings. The van der Waals surface area contributed by atoms with Gasteiger partial charge in [0.05, 0.1) is 13.7 Å². The number of rotatable bonds is 4. The number of benzene rings is 2. The maximum atomic E-state index is 11.5. The molecule has 4 rings (SSSR count). The second-order valence-corrected chi connectivity index (χ2v) is 6.36. The second-order valence-electron chi connectivity index (χ2n) is 6.36. The fourth-order valence-corrected chi connectivity index (χ4v) is 3.31. The van der Waals surface area contributed by atoms with Gasteiger partial charge in [0.2, 0.25) is 0 Å². The molecular weight excluding hydrogens is 356 g/mol. The number of methoxy groups -OCH3 is 2. The van der Waals surface area contributed by atoms with Crippen molar-refractivity contribution in [3.63, 3.8) is 0 Å². The van der Waals surface area contributed by atoms with E-state index in [1.54, 1.807) is 7.11 Å². The lowest BCUT2D eigenvalue weighted by Gasteiger charge is -2.07. The molecule has 1 amide bonds. The number of nitrogens with one attached hydrogen (secondary N) is 1. The summed E-state index contributed by atoms with van der Waals surface area (Å²) in [5.74, 6) is 0.548. The molecule has 0 aliphatic carbocycles. The van der Waals surface area contributed by atoms with E-state index in [0.717, 1.165) is 21.9 Å². The number of nitrogen functional groups attached to an aromatic ring is 1. The molecule has 7 nitrogen and oxygen atoms in total. The van der Waals surface area contributed by atoms with Gasteiger partial charge in [-0.2, -0.15) is 0 Å². The largest absolute Gasteiger partial charge is 0.453 e. The summed E-state index contributed by atoms with van der Waals surface area (Å²) in [4.78, 5) is 16.4. The van der Waals surface area contributed by atoms with Crippen LogP contribution in [0.3, 0.4) is 0 Å². The van der Waals surface area contributed by atoms with Crippen LogP contribution in [0.5, 0.6) is 0 Å². The monoisotopic (exact) mass is 376 g/mol. The third-order valence-electron chi connectivity index (χ3n) is 4.65. The molecular formula is C21H20N4O3. The summed E-state index contributed by atoms with van der Waals surface area (Å²) in [6, 6.07) is 15.5. The number of carbonyl (C=O) groups excluding carboxylic acids is 1. The fourth-order valence-electron chi connectivity index (χ4n) is 3.31. The summed E-state index contributed by atoms with van der Waals surface area (Å²) in [5.41, 5.74) is 10.4. The fraction of sp³-hybridized carbons (Fsp3) is 0.143. The quantitative estimate of drug-likeness (QED) is 0.560. The highest BCUT2D eigenvalue weighted by atomic mass is 16.5. The zero-order chi connectivity index (χ0) is 19.7. The molecule has 2 heterocycles. The van der Waals surface area contributed by atoms with Crippen LogP contribution < -0.4 is 11.1 Å². The summed E-state index contributed by atoms with van der Waals surface area (Å²) in [6.45, 7) is 0.470. The Kier molecular flexibility index (Phi) is 4.58. The number of amides is 1. The summed E-state index contributed by atoms with van der Waals surface area (Å²) in [5, 5.41) is 4.55. The van der Waals surface area contributed by atoms with E-state index in [-0.39, 0.29) is 0 Å². The van der Waals surface area contributed by atoms with Crippen LogP contribution in [0.2, 0.25) is 0 Å². The Morgan fingerprint density at radius 1 is 1.18 bits per heavy atom. The van der Waals surface area contributed by atoms with E-state index >= 15 is 0 Å². The number of nitrogens with two attached hydrogens (primary N) is 1. The Balaban J connectivity index is 1.91. The van der Waals surface area contributed by atoms with Gasteiger partial charge in [-0.3, -0.25) is 9.72 Å². The molecule has 7 heteroatoms. The number of nitrogens with zero attached hydrogens (tertiary/aromatic N) is 2. The molecule has 0 spiro atoms. The molecule has 0 saturated carbocycles. The number of aromatic nitrogens is 2. The first-order chi connectivity index (χ1) is 13.6. The van der Waals surface area contributed by atoms with Gasteiger partial charge < -0.3 is 15.2 Å². The Morgan fingerprint density at radius 2 is 2.00 bits per heavy atom. The van der Waals surface area contributed by atoms with Crippen LogP contribution in [0.25, 0.3) is 27.7 Å². The van der Waals surface area contributed by atoms with Crippen LogP contribution in [0.15, 0.2) is 54.7 Å². The minimum atomic E-state index is -0.525. The van der Waals surface area contributed by atoms with Crippen molar-refractivity contribution in [3.8, 4) is 11.3 Å². The van der Waals surface area contributed by atoms with E-state index < -0.39 is 6.09 Å². The smallest absolute Gasteiger partial charge is 0.411 e. The molecule has 28 heavy (non-hydrogen) atoms. The minimum absolute atomic E-state index is 0.470. The molecule has 0 unspecified atom stereocenters. The Bertz CT molecular complexity index is 1180. The van der Waals surface area contributed by atoms with Crippen molar-refractivity contribution in [2.24, 2.45) is 0 Å². The highest BCUT2D eigenvalue weighted by Gasteiger charge is 2.16. The molecule has 2 aromatic carbocycles. The van der Waals surface area contributed by atoms with E-state index in [1.165, 1.54) is 7.11 Å². The minimum Gasteiger partial charge on any atom is -0.453 e. The molecule has 0 atom stereocenters. The van der Waals surface area contributed by atoms with E-state index in [1.807, 2.05) is 59.1 Å². The molecule has 4 aromatic rings. The van der Waals surface area contributed by atoms with Crippen molar-refractivity contribution in [1.29, 1.82) is 0 Å². The summed E-state index contributed by atoms with van der Waals surface area (Å²) in [6.07, 6.45) is 1.37. The molecule has 0 aliphatic heterocycles. The molecule has 0 bridgehead atoms. The Hall–Kier alpha value is -3.58. The number of ether oxygens (including phenoxy) is 2. The van der Waals surface area contributed by atoms with Gasteiger partial charge in [-0.15, -0.1) is 0 Å². The molecule has 0 saturated heterocycles. The summed E-state index contributed by atoms with van der Waals surface area (Å²) >= 11 is 0. The first-order valence-electron chi connectivity index (χ1n) is 8.75. The van der Waals surface area contributed by atoms with Gasteiger partial charge in [0.25, 0.3) is 0 Å². The van der Waals surface area contributed by atoms with Gasteiger partial charge >= 0.3 is 6.09 Å². The number of carbonyl (C=O) groups is 1. The van der Waals surface area contributed by atoms with Crippen LogP contribution in [-0.4, -0.2) is 29.7 Å². The average Bonchev–Trinajstić information content (AvgIpc) is 3.05. The second kappa shape index (κ2) is 7.21. The normalized spacial score (nSPS) is 11.1. The van der Waals surface area contributed by atoms with Crippen molar-refractivity contribution in [2.45, 2.75) is 6.61 Å². The number of fused-ring (bicyclic) bond motifs is 3. The van der Waals surface area contributed by atoms with Gasteiger partial charge in [0.1, 0.15) is 17.2 Å². The van der Waals surface area contributed by atoms with E-state index in [2.05, 4.69) is 10.1 Å². The van der Waals surface area contributed by atoms with Crippen LogP contribution in [0.4, 0.5) is 16.3 Å². The van der Waals surface area contributed by atoms with Crippen LogP contribution in [-0.2, 0) is 16.1 Å². The first kappa shape index (κ1) is 17.8. The third-order valence-corrected chi connectivity index (χ3v) is 4.65. The standard InChI is InChI=1S/C21H20N4O3/c1-27-12-14-5-3-4-6-16(14)18-19(22)25-10-9-13-7-8-15(23-21(26)28-2)11-17(13)20(25)24-18/h3-11H,12,22H2,1-2H3,(H,23,26). The number of anilines is 2. The predicted octanol–water partition coefficient (Wildman–Crippen LogP) is 4.06. The number of pyridine rings is 1. The van der Waals surface area contributed by atoms with E-state index in [4.69, 9.17) is 15.5 Å². The number of hydrogen-bond donors (Lipinski definition) is 2. The van der Waals surface area contributed by atoms with Gasteiger partial charge in [-0.1, -0.05) is 30.3 Å². The van der Waals surface area contributed by atoms with Crippen molar-refractivity contribution >= 4 is 34.0 Å². The lowest BCUT2D eigenvalue weighted by Crippen LogP contribution is -2.10. The molecule has 142 valence electrons. The van der Waals surface area contributed by atoms with Gasteiger partial charge in [-0.05, 0) is 29.1 Å². The topological polar surface area (TPSA) is 90.9 Å². The summed E-state index contributed by atoms with van der Waals surface area (Å²) < 4.78 is 11.8. The number of imidazole rings is 1. The maximum absolute atomic E-state index is 11.5. The van der Waals surface area contributed by atoms with Crippen molar-refractivity contribution in [3.05, 3.63) is 60.3 Å². The van der Waals surface area contributed by atoms with Crippen molar-refractivity contribution < 1.29 is 14.3 Å². The van der Waals surface area contributed by atoms with Gasteiger partial charge in [0, 0.05) is 29.9 Å². The van der Waals surface area contributed by atoms with Gasteiger partial charge in [-0.25, -0.2) is 9.78 Å². The van der Waals surface area contributed by atoms with Crippen molar-refractivity contribution in [2.75, 3.05) is 25.3 Å². The van der Waals surface area contributed by atoms with Crippen LogP contribution in [0.1, 0.15) is 5.56 Å². The summed E-state index contributed by atoms with van der Waals surface area (Å²) in [7, 11) is 2.99. The van der Waals surface area contributed by atoms with Crippen LogP contribution in [0, 0.1) is 0 Å². The van der Waals surface area contributed by atoms with E-state index in [9.17, 15) is 4.79 Å². The maximum Gasteiger partial charge on any atom is 0.411 e. The number of hydrogen-bond acceptors (Lipinski definition) is 5. The molecule has 0 radical (unpaired) electrons. The molecule has 2 aromatic heterocycles. The third kappa shape index (κ3) is 3.01. The Morgan fingerprint density at radius 3 is 2.79 bits per heavy atom. The first-order valence-corrected chi connectivity index (χ1v) is 8.75. The van der Waals surface area contributed by atoms with Crippen molar-refractivity contribution in [1.82, 2.24) is 9.38 Å². The predicted molar refractivity (Wildman–Crippen MR) is 109 cm³/mol. The Labute approximate surface area is 161 Å². The van der Waals surface area contributed by atoms with E-state index in [0.29, 0.717) is 29.5 Å². The lowest BCUT2D eigenvalue weighted by molar-refractivity contribution is 0.185. The van der Waals surface area contributed by atoms with Gasteiger partial charge in [0.15, 0.2) is 0 Å². The highest BCUT2D eigenvalue weighted by molar-refractivity contribution is 6.00. The van der Waals surface area contributed by atoms with Crippen LogP contribution >= 0.6 is 0 Å².